The highest BCUT2D eigenvalue weighted by atomic mass is 19.1. The van der Waals surface area contributed by atoms with Crippen molar-refractivity contribution in [2.24, 2.45) is 10.5 Å². The van der Waals surface area contributed by atoms with Crippen molar-refractivity contribution in [2.75, 3.05) is 26.7 Å². The number of benzene rings is 1. The first-order valence-corrected chi connectivity index (χ1v) is 12.9. The standard InChI is InChI=1S/C28H34FN5O5/c1-27(2,3)39-26(37)31-22(11-13-38-21-14-20(29)16-30-17-21)24(35)34-12-10-23-28(18-34,25(36)33(4)32-23)15-19-8-6-5-7-9-19/h5-9,14,16-17,22H,10-13,15,18H2,1-4H3,(H,31,37)/t22-,28-/m1/s1. The van der Waals surface area contributed by atoms with Gasteiger partial charge in [-0.25, -0.2) is 14.2 Å². The number of rotatable bonds is 8. The topological polar surface area (TPSA) is 113 Å². The second-order valence-electron chi connectivity index (χ2n) is 10.8. The highest BCUT2D eigenvalue weighted by Gasteiger charge is 2.53. The van der Waals surface area contributed by atoms with Crippen molar-refractivity contribution < 1.29 is 28.2 Å². The predicted molar refractivity (Wildman–Crippen MR) is 141 cm³/mol. The third kappa shape index (κ3) is 6.71. The van der Waals surface area contributed by atoms with Gasteiger partial charge in [0.1, 0.15) is 28.6 Å². The summed E-state index contributed by atoms with van der Waals surface area (Å²) in [5.74, 6) is -0.875. The van der Waals surface area contributed by atoms with Gasteiger partial charge in [0.15, 0.2) is 0 Å². The fourth-order valence-electron chi connectivity index (χ4n) is 4.91. The Morgan fingerprint density at radius 2 is 1.95 bits per heavy atom. The summed E-state index contributed by atoms with van der Waals surface area (Å²) >= 11 is 0. The van der Waals surface area contributed by atoms with Crippen LogP contribution in [-0.4, -0.2) is 76.9 Å². The summed E-state index contributed by atoms with van der Waals surface area (Å²) in [5.41, 5.74) is -0.0342. The molecule has 10 nitrogen and oxygen atoms in total. The number of hydrazone groups is 1. The van der Waals surface area contributed by atoms with E-state index in [1.165, 1.54) is 17.3 Å². The van der Waals surface area contributed by atoms with Gasteiger partial charge in [-0.3, -0.25) is 14.6 Å². The molecule has 0 bridgehead atoms. The van der Waals surface area contributed by atoms with Crippen molar-refractivity contribution in [1.82, 2.24) is 20.2 Å². The number of alkyl carbamates (subject to hydrolysis) is 1. The zero-order valence-electron chi connectivity index (χ0n) is 22.6. The lowest BCUT2D eigenvalue weighted by Gasteiger charge is -2.40. The van der Waals surface area contributed by atoms with Crippen LogP contribution in [0.1, 0.15) is 39.2 Å². The van der Waals surface area contributed by atoms with Crippen LogP contribution in [0.25, 0.3) is 0 Å². The van der Waals surface area contributed by atoms with Gasteiger partial charge < -0.3 is 19.7 Å². The molecular formula is C28H34FN5O5. The summed E-state index contributed by atoms with van der Waals surface area (Å²) in [6, 6.07) is 9.81. The molecule has 0 unspecified atom stereocenters. The first-order valence-electron chi connectivity index (χ1n) is 12.9. The second kappa shape index (κ2) is 11.4. The van der Waals surface area contributed by atoms with Crippen LogP contribution in [-0.2, 0) is 20.7 Å². The average molecular weight is 540 g/mol. The molecule has 3 amide bonds. The molecule has 2 atom stereocenters. The number of likely N-dealkylation sites (tertiary alicyclic amines) is 1. The molecule has 0 spiro atoms. The molecule has 1 N–H and O–H groups in total. The van der Waals surface area contributed by atoms with Crippen LogP contribution >= 0.6 is 0 Å². The molecule has 1 aromatic heterocycles. The molecule has 4 rings (SSSR count). The Labute approximate surface area is 227 Å². The number of ether oxygens (including phenoxy) is 2. The van der Waals surface area contributed by atoms with Gasteiger partial charge in [-0.1, -0.05) is 30.3 Å². The van der Waals surface area contributed by atoms with Crippen LogP contribution in [0, 0.1) is 11.2 Å². The average Bonchev–Trinajstić information content (AvgIpc) is 3.11. The predicted octanol–water partition coefficient (Wildman–Crippen LogP) is 3.17. The number of fused-ring (bicyclic) bond motifs is 1. The lowest BCUT2D eigenvalue weighted by molar-refractivity contribution is -0.141. The van der Waals surface area contributed by atoms with Gasteiger partial charge in [-0.05, 0) is 32.8 Å². The van der Waals surface area contributed by atoms with Crippen molar-refractivity contribution in [2.45, 2.75) is 51.7 Å². The van der Waals surface area contributed by atoms with Crippen molar-refractivity contribution in [3.63, 3.8) is 0 Å². The Morgan fingerprint density at radius 1 is 1.21 bits per heavy atom. The van der Waals surface area contributed by atoms with Crippen LogP contribution in [0.3, 0.4) is 0 Å². The fourth-order valence-corrected chi connectivity index (χ4v) is 4.91. The lowest BCUT2D eigenvalue weighted by atomic mass is 9.73. The van der Waals surface area contributed by atoms with E-state index in [4.69, 9.17) is 9.47 Å². The molecule has 1 saturated heterocycles. The molecule has 0 radical (unpaired) electrons. The monoisotopic (exact) mass is 539 g/mol. The Bertz CT molecular complexity index is 1250. The van der Waals surface area contributed by atoms with Gasteiger partial charge in [0.2, 0.25) is 5.91 Å². The van der Waals surface area contributed by atoms with Crippen LogP contribution in [0.5, 0.6) is 5.75 Å². The Hall–Kier alpha value is -4.02. The van der Waals surface area contributed by atoms with E-state index in [1.807, 2.05) is 30.3 Å². The maximum Gasteiger partial charge on any atom is 0.408 e. The van der Waals surface area contributed by atoms with Gasteiger partial charge in [-0.15, -0.1) is 0 Å². The Balaban J connectivity index is 1.53. The van der Waals surface area contributed by atoms with Gasteiger partial charge in [0.25, 0.3) is 5.91 Å². The van der Waals surface area contributed by atoms with Crippen LogP contribution in [0.4, 0.5) is 9.18 Å². The SMILES string of the molecule is CN1N=C2CCN(C(=O)[C@@H](CCOc3cncc(F)c3)NC(=O)OC(C)(C)C)C[C@@]2(Cc2ccccc2)C1=O. The summed E-state index contributed by atoms with van der Waals surface area (Å²) in [4.78, 5) is 45.2. The Kier molecular flexibility index (Phi) is 8.17. The number of halogens is 1. The summed E-state index contributed by atoms with van der Waals surface area (Å²) in [6.45, 7) is 5.66. The van der Waals surface area contributed by atoms with E-state index < -0.39 is 29.0 Å². The largest absolute Gasteiger partial charge is 0.492 e. The smallest absolute Gasteiger partial charge is 0.408 e. The number of aromatic nitrogens is 1. The number of carbonyl (C=O) groups excluding carboxylic acids is 3. The number of hydrogen-bond acceptors (Lipinski definition) is 7. The summed E-state index contributed by atoms with van der Waals surface area (Å²) in [5, 5.41) is 8.51. The van der Waals surface area contributed by atoms with E-state index in [0.717, 1.165) is 17.5 Å². The fraction of sp³-hybridized carbons (Fsp3) is 0.464. The van der Waals surface area contributed by atoms with E-state index >= 15 is 0 Å². The van der Waals surface area contributed by atoms with Crippen LogP contribution in [0.2, 0.25) is 0 Å². The molecule has 1 aromatic carbocycles. The van der Waals surface area contributed by atoms with Crippen LogP contribution < -0.4 is 10.1 Å². The number of hydrogen-bond donors (Lipinski definition) is 1. The molecule has 39 heavy (non-hydrogen) atoms. The van der Waals surface area contributed by atoms with Crippen molar-refractivity contribution in [3.8, 4) is 5.75 Å². The van der Waals surface area contributed by atoms with Crippen LogP contribution in [0.15, 0.2) is 53.9 Å². The number of pyridine rings is 1. The minimum absolute atomic E-state index is 0.00864. The minimum atomic E-state index is -0.997. The normalized spacial score (nSPS) is 19.7. The van der Waals surface area contributed by atoms with Gasteiger partial charge in [0.05, 0.1) is 24.7 Å². The van der Waals surface area contributed by atoms with Crippen molar-refractivity contribution in [3.05, 3.63) is 60.2 Å². The summed E-state index contributed by atoms with van der Waals surface area (Å²) in [6.07, 6.45) is 2.60. The van der Waals surface area contributed by atoms with E-state index in [1.54, 1.807) is 32.7 Å². The molecule has 3 heterocycles. The highest BCUT2D eigenvalue weighted by molar-refractivity contribution is 6.13. The van der Waals surface area contributed by atoms with E-state index in [2.05, 4.69) is 15.4 Å². The Morgan fingerprint density at radius 3 is 2.64 bits per heavy atom. The summed E-state index contributed by atoms with van der Waals surface area (Å²) in [7, 11) is 1.62. The second-order valence-corrected chi connectivity index (χ2v) is 10.8. The van der Waals surface area contributed by atoms with Gasteiger partial charge in [0, 0.05) is 39.0 Å². The zero-order valence-corrected chi connectivity index (χ0v) is 22.6. The minimum Gasteiger partial charge on any atom is -0.492 e. The molecular weight excluding hydrogens is 505 g/mol. The molecule has 11 heteroatoms. The third-order valence-electron chi connectivity index (χ3n) is 6.61. The first-order chi connectivity index (χ1) is 18.5. The molecule has 0 aliphatic carbocycles. The van der Waals surface area contributed by atoms with E-state index in [9.17, 15) is 18.8 Å². The van der Waals surface area contributed by atoms with Crippen molar-refractivity contribution >= 4 is 23.6 Å². The third-order valence-corrected chi connectivity index (χ3v) is 6.61. The number of nitrogens with one attached hydrogen (secondary N) is 1. The molecule has 2 aromatic rings. The maximum absolute atomic E-state index is 13.8. The van der Waals surface area contributed by atoms with Crippen molar-refractivity contribution in [1.29, 1.82) is 0 Å². The maximum atomic E-state index is 13.8. The first kappa shape index (κ1) is 28.0. The molecule has 0 saturated carbocycles. The quantitative estimate of drug-likeness (QED) is 0.551. The van der Waals surface area contributed by atoms with Gasteiger partial charge in [-0.2, -0.15) is 5.10 Å². The molecule has 1 fully saturated rings. The number of amides is 3. The summed E-state index contributed by atoms with van der Waals surface area (Å²) < 4.78 is 24.5. The number of carbonyl (C=O) groups is 3. The zero-order chi connectivity index (χ0) is 28.2. The molecule has 2 aliphatic rings. The highest BCUT2D eigenvalue weighted by Crippen LogP contribution is 2.38. The molecule has 208 valence electrons. The number of piperidine rings is 1. The number of nitrogens with zero attached hydrogens (tertiary/aromatic N) is 4. The van der Waals surface area contributed by atoms with E-state index in [-0.39, 0.29) is 37.1 Å². The van der Waals surface area contributed by atoms with Gasteiger partial charge >= 0.3 is 6.09 Å². The lowest BCUT2D eigenvalue weighted by Crippen LogP contribution is -2.59. The van der Waals surface area contributed by atoms with E-state index in [0.29, 0.717) is 19.4 Å². The molecule has 2 aliphatic heterocycles.